The summed E-state index contributed by atoms with van der Waals surface area (Å²) in [6.07, 6.45) is 2.24. The van der Waals surface area contributed by atoms with E-state index in [0.29, 0.717) is 0 Å². The van der Waals surface area contributed by atoms with Gasteiger partial charge in [0.1, 0.15) is 0 Å². The summed E-state index contributed by atoms with van der Waals surface area (Å²) in [4.78, 5) is 17.0. The van der Waals surface area contributed by atoms with Gasteiger partial charge in [-0.2, -0.15) is 0 Å². The van der Waals surface area contributed by atoms with Gasteiger partial charge in [-0.25, -0.2) is 0 Å². The second-order valence-electron chi connectivity index (χ2n) is 1.81. The third-order valence-corrected chi connectivity index (χ3v) is 1.09. The molecule has 0 fully saturated rings. The van der Waals surface area contributed by atoms with Gasteiger partial charge in [0, 0.05) is 0 Å². The molecule has 56 valence electrons. The maximum absolute atomic E-state index is 8.56. The van der Waals surface area contributed by atoms with Crippen LogP contribution in [0, 0.1) is 0 Å². The average molecular weight is 154 g/mol. The van der Waals surface area contributed by atoms with Crippen molar-refractivity contribution < 1.29 is 19.4 Å². The van der Waals surface area contributed by atoms with Crippen molar-refractivity contribution in [1.29, 1.82) is 0 Å². The highest BCUT2D eigenvalue weighted by Gasteiger charge is 2.05. The standard InChI is InChI=1S/C4H11O4P/c1-4(5)3-8-9(2,6)7/h4-7H,2-3H2,1H3/t4-/m1/s1. The van der Waals surface area contributed by atoms with Crippen molar-refractivity contribution in [1.82, 2.24) is 0 Å². The van der Waals surface area contributed by atoms with E-state index in [1.807, 2.05) is 0 Å². The normalized spacial score (nSPS) is 15.6. The number of rotatable bonds is 3. The third kappa shape index (κ3) is 8.14. The lowest BCUT2D eigenvalue weighted by Gasteiger charge is -2.11. The Hall–Kier alpha value is 0.140. The van der Waals surface area contributed by atoms with Crippen molar-refractivity contribution in [3.63, 3.8) is 0 Å². The first-order valence-electron chi connectivity index (χ1n) is 2.43. The van der Waals surface area contributed by atoms with Crippen LogP contribution in [0.2, 0.25) is 0 Å². The van der Waals surface area contributed by atoms with Gasteiger partial charge in [-0.15, -0.1) is 0 Å². The maximum atomic E-state index is 8.56. The van der Waals surface area contributed by atoms with E-state index in [2.05, 4.69) is 10.8 Å². The van der Waals surface area contributed by atoms with Crippen molar-refractivity contribution in [2.24, 2.45) is 0 Å². The van der Waals surface area contributed by atoms with E-state index in [-0.39, 0.29) is 6.61 Å². The quantitative estimate of drug-likeness (QED) is 0.482. The van der Waals surface area contributed by atoms with Crippen LogP contribution in [0.4, 0.5) is 0 Å². The summed E-state index contributed by atoms with van der Waals surface area (Å²) in [6.45, 7) is 1.39. The van der Waals surface area contributed by atoms with Gasteiger partial charge in [-0.05, 0) is 13.2 Å². The fraction of sp³-hybridized carbons (Fsp3) is 0.750. The highest BCUT2D eigenvalue weighted by atomic mass is 31.2. The highest BCUT2D eigenvalue weighted by molar-refractivity contribution is 7.57. The fourth-order valence-electron chi connectivity index (χ4n) is 0.227. The van der Waals surface area contributed by atoms with Crippen LogP contribution in [-0.4, -0.2) is 33.9 Å². The van der Waals surface area contributed by atoms with E-state index in [1.54, 1.807) is 0 Å². The molecule has 0 bridgehead atoms. The monoisotopic (exact) mass is 154 g/mol. The van der Waals surface area contributed by atoms with Crippen molar-refractivity contribution in [2.45, 2.75) is 13.0 Å². The molecule has 0 radical (unpaired) electrons. The Morgan fingerprint density at radius 3 is 2.22 bits per heavy atom. The van der Waals surface area contributed by atoms with E-state index in [9.17, 15) is 0 Å². The van der Waals surface area contributed by atoms with E-state index in [0.717, 1.165) is 0 Å². The van der Waals surface area contributed by atoms with Crippen molar-refractivity contribution >= 4 is 13.9 Å². The van der Waals surface area contributed by atoms with Crippen molar-refractivity contribution in [3.05, 3.63) is 0 Å². The maximum Gasteiger partial charge on any atom is 0.245 e. The summed E-state index contributed by atoms with van der Waals surface area (Å²) < 4.78 is 4.35. The first-order valence-corrected chi connectivity index (χ1v) is 4.23. The zero-order valence-electron chi connectivity index (χ0n) is 5.19. The van der Waals surface area contributed by atoms with E-state index < -0.39 is 13.7 Å². The Morgan fingerprint density at radius 1 is 1.67 bits per heavy atom. The lowest BCUT2D eigenvalue weighted by Crippen LogP contribution is -2.08. The molecule has 4 nitrogen and oxygen atoms in total. The minimum Gasteiger partial charge on any atom is -0.391 e. The molecule has 0 heterocycles. The van der Waals surface area contributed by atoms with Crippen LogP contribution in [-0.2, 0) is 4.52 Å². The summed E-state index contributed by atoms with van der Waals surface area (Å²) >= 11 is 0. The molecule has 0 aromatic heterocycles. The molecule has 0 unspecified atom stereocenters. The van der Waals surface area contributed by atoms with E-state index in [4.69, 9.17) is 14.9 Å². The predicted octanol–water partition coefficient (Wildman–Crippen LogP) is -0.437. The van der Waals surface area contributed by atoms with Crippen LogP contribution in [0.15, 0.2) is 0 Å². The van der Waals surface area contributed by atoms with Crippen LogP contribution in [0.25, 0.3) is 0 Å². The van der Waals surface area contributed by atoms with Gasteiger partial charge in [0.05, 0.1) is 12.7 Å². The lowest BCUT2D eigenvalue weighted by atomic mass is 10.5. The van der Waals surface area contributed by atoms with Crippen LogP contribution in [0.5, 0.6) is 0 Å². The molecule has 0 aliphatic rings. The summed E-state index contributed by atoms with van der Waals surface area (Å²) in [5.74, 6) is 0. The summed E-state index contributed by atoms with van der Waals surface area (Å²) in [7, 11) is -3.38. The van der Waals surface area contributed by atoms with Crippen LogP contribution in [0.3, 0.4) is 0 Å². The molecule has 1 atom stereocenters. The van der Waals surface area contributed by atoms with Gasteiger partial charge in [0.2, 0.25) is 7.57 Å². The minimum absolute atomic E-state index is 0.0930. The first kappa shape index (κ1) is 9.14. The molecule has 0 amide bonds. The van der Waals surface area contributed by atoms with E-state index >= 15 is 0 Å². The van der Waals surface area contributed by atoms with Crippen molar-refractivity contribution in [3.8, 4) is 0 Å². The topological polar surface area (TPSA) is 69.9 Å². The van der Waals surface area contributed by atoms with Crippen LogP contribution in [0.1, 0.15) is 6.92 Å². The SMILES string of the molecule is C=P(O)(O)OC[C@@H](C)O. The Bertz CT molecular complexity index is 116. The molecule has 3 N–H and O–H groups in total. The number of aliphatic hydroxyl groups is 1. The fourth-order valence-corrected chi connectivity index (χ4v) is 0.682. The molecule has 0 rings (SSSR count). The number of hydrogen-bond acceptors (Lipinski definition) is 4. The molecular weight excluding hydrogens is 143 g/mol. The molecule has 0 aromatic carbocycles. The predicted molar refractivity (Wildman–Crippen MR) is 36.1 cm³/mol. The van der Waals surface area contributed by atoms with Gasteiger partial charge in [-0.1, -0.05) is 0 Å². The Kier molecular flexibility index (Phi) is 3.40. The second-order valence-corrected chi connectivity index (χ2v) is 3.40. The lowest BCUT2D eigenvalue weighted by molar-refractivity contribution is 0.111. The van der Waals surface area contributed by atoms with Gasteiger partial charge in [0.25, 0.3) is 0 Å². The molecule has 0 saturated heterocycles. The minimum atomic E-state index is -3.38. The van der Waals surface area contributed by atoms with E-state index in [1.165, 1.54) is 6.92 Å². The molecule has 0 saturated carbocycles. The third-order valence-electron chi connectivity index (χ3n) is 0.522. The molecular formula is C4H11O4P. The summed E-state index contributed by atoms with van der Waals surface area (Å²) in [5, 5.41) is 8.56. The van der Waals surface area contributed by atoms with Gasteiger partial charge >= 0.3 is 0 Å². The summed E-state index contributed by atoms with van der Waals surface area (Å²) in [6, 6.07) is 0. The second kappa shape index (κ2) is 3.34. The first-order chi connectivity index (χ1) is 3.92. The van der Waals surface area contributed by atoms with Crippen molar-refractivity contribution in [2.75, 3.05) is 6.61 Å². The summed E-state index contributed by atoms with van der Waals surface area (Å²) in [5.41, 5.74) is 0. The Balaban J connectivity index is 3.40. The Morgan fingerprint density at radius 2 is 2.11 bits per heavy atom. The highest BCUT2D eigenvalue weighted by Crippen LogP contribution is 2.34. The number of hydrogen-bond donors (Lipinski definition) is 3. The van der Waals surface area contributed by atoms with Gasteiger partial charge in [0.15, 0.2) is 0 Å². The van der Waals surface area contributed by atoms with Gasteiger partial charge in [-0.3, -0.25) is 0 Å². The molecule has 0 spiro atoms. The van der Waals surface area contributed by atoms with Gasteiger partial charge < -0.3 is 19.4 Å². The molecule has 0 aromatic rings. The van der Waals surface area contributed by atoms with Crippen LogP contribution < -0.4 is 0 Å². The Labute approximate surface area is 53.9 Å². The average Bonchev–Trinajstić information content (AvgIpc) is 1.59. The smallest absolute Gasteiger partial charge is 0.245 e. The number of aliphatic hydroxyl groups excluding tert-OH is 1. The molecule has 0 aliphatic carbocycles. The molecule has 5 heteroatoms. The zero-order chi connectivity index (χ0) is 7.49. The molecule has 0 aliphatic heterocycles. The van der Waals surface area contributed by atoms with Crippen LogP contribution >= 0.6 is 7.57 Å². The largest absolute Gasteiger partial charge is 0.391 e. The zero-order valence-corrected chi connectivity index (χ0v) is 6.08. The molecule has 9 heavy (non-hydrogen) atoms.